The summed E-state index contributed by atoms with van der Waals surface area (Å²) in [6.45, 7) is 5.77. The number of hydrogen-bond acceptors (Lipinski definition) is 4. The first-order valence-corrected chi connectivity index (χ1v) is 6.47. The van der Waals surface area contributed by atoms with E-state index in [1.54, 1.807) is 12.1 Å². The zero-order chi connectivity index (χ0) is 13.0. The Kier molecular flexibility index (Phi) is 4.16. The van der Waals surface area contributed by atoms with Crippen molar-refractivity contribution in [3.05, 3.63) is 23.4 Å². The summed E-state index contributed by atoms with van der Waals surface area (Å²) in [6, 6.07) is 5.74. The molecule has 0 spiro atoms. The van der Waals surface area contributed by atoms with Gasteiger partial charge in [-0.2, -0.15) is 5.26 Å². The first-order valence-electron chi connectivity index (χ1n) is 6.47. The minimum atomic E-state index is 0.359. The first-order chi connectivity index (χ1) is 8.72. The van der Waals surface area contributed by atoms with Crippen LogP contribution in [0.1, 0.15) is 31.0 Å². The summed E-state index contributed by atoms with van der Waals surface area (Å²) in [6.07, 6.45) is 2.51. The van der Waals surface area contributed by atoms with Crippen molar-refractivity contribution in [3.8, 4) is 6.07 Å². The smallest absolute Gasteiger partial charge is 0.127 e. The summed E-state index contributed by atoms with van der Waals surface area (Å²) in [4.78, 5) is 4.39. The third-order valence-electron chi connectivity index (χ3n) is 3.38. The van der Waals surface area contributed by atoms with Crippen LogP contribution in [-0.4, -0.2) is 24.2 Å². The fourth-order valence-corrected chi connectivity index (χ4v) is 2.44. The molecule has 4 heteroatoms. The van der Waals surface area contributed by atoms with Crippen LogP contribution in [0.4, 0.5) is 5.82 Å². The van der Waals surface area contributed by atoms with Crippen molar-refractivity contribution in [1.29, 1.82) is 5.26 Å². The van der Waals surface area contributed by atoms with Gasteiger partial charge in [0.15, 0.2) is 0 Å². The van der Waals surface area contributed by atoms with Gasteiger partial charge in [0.2, 0.25) is 0 Å². The molecule has 0 radical (unpaired) electrons. The number of rotatable bonds is 4. The Morgan fingerprint density at radius 1 is 1.56 bits per heavy atom. The van der Waals surface area contributed by atoms with Gasteiger partial charge in [-0.15, -0.1) is 0 Å². The molecule has 2 heterocycles. The molecule has 0 saturated carbocycles. The molecule has 1 saturated heterocycles. The molecule has 0 aromatic carbocycles. The van der Waals surface area contributed by atoms with Gasteiger partial charge >= 0.3 is 0 Å². The lowest BCUT2D eigenvalue weighted by Crippen LogP contribution is -2.23. The molecular weight excluding hydrogens is 226 g/mol. The third kappa shape index (κ3) is 2.99. The highest BCUT2D eigenvalue weighted by atomic mass is 16.5. The maximum Gasteiger partial charge on any atom is 0.127 e. The SMILES string of the molecule is CCC1OCCC1CNc1cc(C#N)cc(C)n1. The number of hydrogen-bond donors (Lipinski definition) is 1. The maximum absolute atomic E-state index is 8.92. The molecule has 1 N–H and O–H groups in total. The Bertz CT molecular complexity index is 453. The fraction of sp³-hybridized carbons (Fsp3) is 0.571. The van der Waals surface area contributed by atoms with E-state index < -0.39 is 0 Å². The summed E-state index contributed by atoms with van der Waals surface area (Å²) in [5, 5.41) is 12.2. The summed E-state index contributed by atoms with van der Waals surface area (Å²) < 4.78 is 5.66. The predicted octanol–water partition coefficient (Wildman–Crippen LogP) is 2.49. The summed E-state index contributed by atoms with van der Waals surface area (Å²) in [5.74, 6) is 1.33. The van der Waals surface area contributed by atoms with E-state index in [9.17, 15) is 0 Å². The van der Waals surface area contributed by atoms with E-state index in [-0.39, 0.29) is 0 Å². The van der Waals surface area contributed by atoms with E-state index in [4.69, 9.17) is 10.00 Å². The van der Waals surface area contributed by atoms with Crippen molar-refractivity contribution in [2.45, 2.75) is 32.8 Å². The fourth-order valence-electron chi connectivity index (χ4n) is 2.44. The van der Waals surface area contributed by atoms with Crippen LogP contribution in [0.5, 0.6) is 0 Å². The Morgan fingerprint density at radius 2 is 2.39 bits per heavy atom. The summed E-state index contributed by atoms with van der Waals surface area (Å²) in [7, 11) is 0. The van der Waals surface area contributed by atoms with Gasteiger partial charge < -0.3 is 10.1 Å². The highest BCUT2D eigenvalue weighted by Gasteiger charge is 2.26. The number of nitrogens with one attached hydrogen (secondary N) is 1. The zero-order valence-electron chi connectivity index (χ0n) is 10.9. The molecule has 96 valence electrons. The molecule has 18 heavy (non-hydrogen) atoms. The molecule has 1 aromatic rings. The van der Waals surface area contributed by atoms with Gasteiger partial charge in [0.05, 0.1) is 17.7 Å². The van der Waals surface area contributed by atoms with E-state index >= 15 is 0 Å². The lowest BCUT2D eigenvalue weighted by atomic mass is 10.00. The van der Waals surface area contributed by atoms with Crippen LogP contribution >= 0.6 is 0 Å². The summed E-state index contributed by atoms with van der Waals surface area (Å²) >= 11 is 0. The third-order valence-corrected chi connectivity index (χ3v) is 3.38. The Hall–Kier alpha value is -1.60. The van der Waals surface area contributed by atoms with Gasteiger partial charge in [0, 0.05) is 24.8 Å². The Balaban J connectivity index is 1.98. The normalized spacial score (nSPS) is 22.7. The number of anilines is 1. The average Bonchev–Trinajstić information content (AvgIpc) is 2.83. The topological polar surface area (TPSA) is 57.9 Å². The van der Waals surface area contributed by atoms with E-state index in [2.05, 4.69) is 23.3 Å². The monoisotopic (exact) mass is 245 g/mol. The van der Waals surface area contributed by atoms with Gasteiger partial charge in [-0.1, -0.05) is 6.92 Å². The molecule has 0 amide bonds. The van der Waals surface area contributed by atoms with Crippen molar-refractivity contribution in [2.75, 3.05) is 18.5 Å². The second-order valence-electron chi connectivity index (χ2n) is 4.74. The molecule has 0 bridgehead atoms. The van der Waals surface area contributed by atoms with Gasteiger partial charge in [-0.05, 0) is 31.9 Å². The molecule has 1 aliphatic heterocycles. The second kappa shape index (κ2) is 5.83. The van der Waals surface area contributed by atoms with Crippen molar-refractivity contribution >= 4 is 5.82 Å². The van der Waals surface area contributed by atoms with E-state index in [1.807, 2.05) is 6.92 Å². The van der Waals surface area contributed by atoms with Crippen LogP contribution < -0.4 is 5.32 Å². The number of aryl methyl sites for hydroxylation is 1. The molecule has 2 rings (SSSR count). The Morgan fingerprint density at radius 3 is 3.11 bits per heavy atom. The molecule has 4 nitrogen and oxygen atoms in total. The van der Waals surface area contributed by atoms with Crippen molar-refractivity contribution in [1.82, 2.24) is 4.98 Å². The van der Waals surface area contributed by atoms with E-state index in [0.717, 1.165) is 37.5 Å². The molecule has 1 aromatic heterocycles. The number of pyridine rings is 1. The standard InChI is InChI=1S/C14H19N3O/c1-3-13-12(4-5-18-13)9-16-14-7-11(8-15)6-10(2)17-14/h6-7,12-13H,3-5,9H2,1-2H3,(H,16,17). The zero-order valence-corrected chi connectivity index (χ0v) is 10.9. The minimum absolute atomic E-state index is 0.359. The van der Waals surface area contributed by atoms with Crippen molar-refractivity contribution in [2.24, 2.45) is 5.92 Å². The van der Waals surface area contributed by atoms with Gasteiger partial charge in [-0.25, -0.2) is 4.98 Å². The van der Waals surface area contributed by atoms with Crippen LogP contribution in [-0.2, 0) is 4.74 Å². The first kappa shape index (κ1) is 12.8. The lowest BCUT2D eigenvalue weighted by molar-refractivity contribution is 0.0900. The minimum Gasteiger partial charge on any atom is -0.378 e. The number of ether oxygens (including phenoxy) is 1. The van der Waals surface area contributed by atoms with Crippen molar-refractivity contribution < 1.29 is 4.74 Å². The molecule has 0 aliphatic carbocycles. The van der Waals surface area contributed by atoms with Gasteiger partial charge in [0.1, 0.15) is 5.82 Å². The van der Waals surface area contributed by atoms with E-state index in [0.29, 0.717) is 17.6 Å². The van der Waals surface area contributed by atoms with Crippen LogP contribution in [0.2, 0.25) is 0 Å². The van der Waals surface area contributed by atoms with Gasteiger partial charge in [-0.3, -0.25) is 0 Å². The number of nitriles is 1. The van der Waals surface area contributed by atoms with Crippen LogP contribution in [0.3, 0.4) is 0 Å². The molecule has 2 atom stereocenters. The predicted molar refractivity (Wildman–Crippen MR) is 70.3 cm³/mol. The quantitative estimate of drug-likeness (QED) is 0.885. The molecule has 1 aliphatic rings. The maximum atomic E-state index is 8.92. The number of aromatic nitrogens is 1. The summed E-state index contributed by atoms with van der Waals surface area (Å²) in [5.41, 5.74) is 1.52. The van der Waals surface area contributed by atoms with Crippen LogP contribution in [0.15, 0.2) is 12.1 Å². The lowest BCUT2D eigenvalue weighted by Gasteiger charge is -2.17. The molecular formula is C14H19N3O. The van der Waals surface area contributed by atoms with Crippen LogP contribution in [0, 0.1) is 24.2 Å². The second-order valence-corrected chi connectivity index (χ2v) is 4.74. The van der Waals surface area contributed by atoms with Crippen molar-refractivity contribution in [3.63, 3.8) is 0 Å². The van der Waals surface area contributed by atoms with Gasteiger partial charge in [0.25, 0.3) is 0 Å². The van der Waals surface area contributed by atoms with E-state index in [1.165, 1.54) is 0 Å². The van der Waals surface area contributed by atoms with Crippen LogP contribution in [0.25, 0.3) is 0 Å². The highest BCUT2D eigenvalue weighted by Crippen LogP contribution is 2.23. The number of nitrogens with zero attached hydrogens (tertiary/aromatic N) is 2. The Labute approximate surface area is 108 Å². The molecule has 1 fully saturated rings. The molecule has 2 unspecified atom stereocenters. The highest BCUT2D eigenvalue weighted by molar-refractivity contribution is 5.44. The largest absolute Gasteiger partial charge is 0.378 e. The average molecular weight is 245 g/mol.